The highest BCUT2D eigenvalue weighted by Gasteiger charge is 2.29. The highest BCUT2D eigenvalue weighted by Crippen LogP contribution is 2.29. The third-order valence-electron chi connectivity index (χ3n) is 1.81. The second-order valence-corrected chi connectivity index (χ2v) is 4.07. The summed E-state index contributed by atoms with van der Waals surface area (Å²) in [5.41, 5.74) is -1.98. The topological polar surface area (TPSA) is 61.0 Å². The van der Waals surface area contributed by atoms with Crippen molar-refractivity contribution < 1.29 is 13.7 Å². The van der Waals surface area contributed by atoms with Gasteiger partial charge in [0.25, 0.3) is 6.43 Å². The van der Waals surface area contributed by atoms with Gasteiger partial charge in [-0.25, -0.2) is 8.78 Å². The zero-order valence-corrected chi connectivity index (χ0v) is 8.57. The van der Waals surface area contributed by atoms with Crippen LogP contribution in [0.4, 0.5) is 14.5 Å². The van der Waals surface area contributed by atoms with Crippen LogP contribution in [0.3, 0.4) is 0 Å². The number of alkyl halides is 2. The Bertz CT molecular complexity index is 382. The predicted molar refractivity (Wildman–Crippen MR) is 48.8 cm³/mol. The first-order valence-electron chi connectivity index (χ1n) is 4.26. The Hall–Kier alpha value is -1.53. The van der Waals surface area contributed by atoms with E-state index in [2.05, 4.69) is 5.10 Å². The number of rotatable bonds is 2. The molecule has 1 aromatic rings. The minimum atomic E-state index is -2.94. The summed E-state index contributed by atoms with van der Waals surface area (Å²) in [4.78, 5) is 9.63. The van der Waals surface area contributed by atoms with Crippen molar-refractivity contribution >= 4 is 5.69 Å². The van der Waals surface area contributed by atoms with E-state index >= 15 is 0 Å². The molecule has 0 aromatic carbocycles. The van der Waals surface area contributed by atoms with E-state index in [9.17, 15) is 18.9 Å². The van der Waals surface area contributed by atoms with Crippen LogP contribution in [0.2, 0.25) is 0 Å². The maximum Gasteiger partial charge on any atom is 0.316 e. The lowest BCUT2D eigenvalue weighted by atomic mass is 10.1. The van der Waals surface area contributed by atoms with Gasteiger partial charge in [-0.3, -0.25) is 14.8 Å². The van der Waals surface area contributed by atoms with Crippen molar-refractivity contribution in [1.82, 2.24) is 9.78 Å². The average molecular weight is 219 g/mol. The summed E-state index contributed by atoms with van der Waals surface area (Å²) in [6.07, 6.45) is -1.91. The van der Waals surface area contributed by atoms with Crippen molar-refractivity contribution in [2.75, 3.05) is 0 Å². The van der Waals surface area contributed by atoms with E-state index in [0.717, 1.165) is 6.20 Å². The zero-order valence-electron chi connectivity index (χ0n) is 8.57. The summed E-state index contributed by atoms with van der Waals surface area (Å²) >= 11 is 0. The molecule has 0 aliphatic rings. The normalized spacial score (nSPS) is 12.1. The summed E-state index contributed by atoms with van der Waals surface area (Å²) in [6.45, 7) is 5.16. The summed E-state index contributed by atoms with van der Waals surface area (Å²) in [5.74, 6) is 0. The van der Waals surface area contributed by atoms with Crippen LogP contribution in [-0.2, 0) is 5.54 Å². The molecule has 0 spiro atoms. The van der Waals surface area contributed by atoms with Gasteiger partial charge in [0.05, 0.1) is 10.5 Å². The van der Waals surface area contributed by atoms with Crippen LogP contribution in [0.15, 0.2) is 6.20 Å². The standard InChI is InChI=1S/C8H11F2N3O2/c1-8(2,3)12-4-5(13(14)15)6(11-12)7(9)10/h4,7H,1-3H3. The number of halogens is 2. The molecule has 0 amide bonds. The van der Waals surface area contributed by atoms with Gasteiger partial charge in [-0.15, -0.1) is 0 Å². The van der Waals surface area contributed by atoms with Crippen LogP contribution in [0.5, 0.6) is 0 Å². The van der Waals surface area contributed by atoms with Crippen molar-refractivity contribution in [3.8, 4) is 0 Å². The fourth-order valence-corrected chi connectivity index (χ4v) is 1.02. The van der Waals surface area contributed by atoms with E-state index in [-0.39, 0.29) is 0 Å². The van der Waals surface area contributed by atoms with Crippen LogP contribution in [0.25, 0.3) is 0 Å². The zero-order chi connectivity index (χ0) is 11.8. The lowest BCUT2D eigenvalue weighted by Crippen LogP contribution is -2.22. The molecule has 0 unspecified atom stereocenters. The molecule has 0 saturated heterocycles. The van der Waals surface area contributed by atoms with Gasteiger partial charge in [-0.05, 0) is 20.8 Å². The Kier molecular flexibility index (Phi) is 2.74. The Morgan fingerprint density at radius 2 is 2.07 bits per heavy atom. The third-order valence-corrected chi connectivity index (χ3v) is 1.81. The third kappa shape index (κ3) is 2.28. The number of hydrogen-bond donors (Lipinski definition) is 0. The van der Waals surface area contributed by atoms with E-state index in [1.807, 2.05) is 0 Å². The van der Waals surface area contributed by atoms with E-state index in [4.69, 9.17) is 0 Å². The molecule has 0 aliphatic heterocycles. The number of aromatic nitrogens is 2. The Balaban J connectivity index is 3.28. The molecule has 0 atom stereocenters. The monoisotopic (exact) mass is 219 g/mol. The summed E-state index contributed by atoms with van der Waals surface area (Å²) < 4.78 is 26.0. The summed E-state index contributed by atoms with van der Waals surface area (Å²) in [6, 6.07) is 0. The van der Waals surface area contributed by atoms with Gasteiger partial charge in [0.1, 0.15) is 6.20 Å². The fourth-order valence-electron chi connectivity index (χ4n) is 1.02. The highest BCUT2D eigenvalue weighted by atomic mass is 19.3. The summed E-state index contributed by atoms with van der Waals surface area (Å²) in [5, 5.41) is 14.0. The molecular weight excluding hydrogens is 208 g/mol. The first kappa shape index (κ1) is 11.5. The molecule has 0 bridgehead atoms. The van der Waals surface area contributed by atoms with Gasteiger partial charge in [-0.2, -0.15) is 5.10 Å². The Morgan fingerprint density at radius 1 is 1.53 bits per heavy atom. The minimum Gasteiger partial charge on any atom is -0.260 e. The van der Waals surface area contributed by atoms with Gasteiger partial charge < -0.3 is 0 Å². The van der Waals surface area contributed by atoms with Gasteiger partial charge >= 0.3 is 5.69 Å². The molecule has 5 nitrogen and oxygen atoms in total. The van der Waals surface area contributed by atoms with Crippen molar-refractivity contribution in [3.63, 3.8) is 0 Å². The van der Waals surface area contributed by atoms with Crippen molar-refractivity contribution in [1.29, 1.82) is 0 Å². The van der Waals surface area contributed by atoms with Gasteiger partial charge in [0, 0.05) is 0 Å². The molecule has 0 saturated carbocycles. The van der Waals surface area contributed by atoms with Crippen LogP contribution in [-0.4, -0.2) is 14.7 Å². The molecule has 1 heterocycles. The van der Waals surface area contributed by atoms with Gasteiger partial charge in [0.15, 0.2) is 0 Å². The molecular formula is C8H11F2N3O2. The molecule has 1 aromatic heterocycles. The average Bonchev–Trinajstić information content (AvgIpc) is 2.45. The second-order valence-electron chi connectivity index (χ2n) is 4.07. The maximum atomic E-state index is 12.4. The molecule has 84 valence electrons. The lowest BCUT2D eigenvalue weighted by molar-refractivity contribution is -0.386. The fraction of sp³-hybridized carbons (Fsp3) is 0.625. The highest BCUT2D eigenvalue weighted by molar-refractivity contribution is 5.33. The molecule has 15 heavy (non-hydrogen) atoms. The number of hydrogen-bond acceptors (Lipinski definition) is 3. The first-order chi connectivity index (χ1) is 6.73. The largest absolute Gasteiger partial charge is 0.316 e. The van der Waals surface area contributed by atoms with Crippen LogP contribution in [0, 0.1) is 10.1 Å². The van der Waals surface area contributed by atoms with Gasteiger partial charge in [-0.1, -0.05) is 0 Å². The molecule has 0 fully saturated rings. The second kappa shape index (κ2) is 3.56. The Labute approximate surface area is 84.8 Å². The van der Waals surface area contributed by atoms with E-state index < -0.39 is 28.3 Å². The quantitative estimate of drug-likeness (QED) is 0.567. The maximum absolute atomic E-state index is 12.4. The summed E-state index contributed by atoms with van der Waals surface area (Å²) in [7, 11) is 0. The SMILES string of the molecule is CC(C)(C)n1cc([N+](=O)[O-])c(C(F)F)n1. The Morgan fingerprint density at radius 3 is 2.33 bits per heavy atom. The van der Waals surface area contributed by atoms with Crippen LogP contribution >= 0.6 is 0 Å². The van der Waals surface area contributed by atoms with Crippen LogP contribution in [0.1, 0.15) is 32.9 Å². The van der Waals surface area contributed by atoms with Gasteiger partial charge in [0.2, 0.25) is 5.69 Å². The van der Waals surface area contributed by atoms with Crippen LogP contribution < -0.4 is 0 Å². The molecule has 1 rings (SSSR count). The molecule has 0 radical (unpaired) electrons. The number of nitro groups is 1. The lowest BCUT2D eigenvalue weighted by Gasteiger charge is -2.18. The van der Waals surface area contributed by atoms with Crippen molar-refractivity contribution in [3.05, 3.63) is 22.0 Å². The number of nitrogens with zero attached hydrogens (tertiary/aromatic N) is 3. The molecule has 7 heteroatoms. The smallest absolute Gasteiger partial charge is 0.260 e. The van der Waals surface area contributed by atoms with Crippen molar-refractivity contribution in [2.24, 2.45) is 0 Å². The molecule has 0 N–H and O–H groups in total. The predicted octanol–water partition coefficient (Wildman–Crippen LogP) is 2.48. The van der Waals surface area contributed by atoms with E-state index in [0.29, 0.717) is 0 Å². The molecule has 0 aliphatic carbocycles. The minimum absolute atomic E-state index is 0.558. The first-order valence-corrected chi connectivity index (χ1v) is 4.26. The van der Waals surface area contributed by atoms with Crippen molar-refractivity contribution in [2.45, 2.75) is 32.7 Å². The van der Waals surface area contributed by atoms with E-state index in [1.165, 1.54) is 4.68 Å². The van der Waals surface area contributed by atoms with E-state index in [1.54, 1.807) is 20.8 Å².